The number of carbonyl (C=O) groups excluding carboxylic acids is 1. The molecule has 2 heteroatoms. The molecule has 0 fully saturated rings. The van der Waals surface area contributed by atoms with Crippen LogP contribution in [0.25, 0.3) is 0 Å². The van der Waals surface area contributed by atoms with Crippen LogP contribution < -0.4 is 0 Å². The zero-order valence-corrected chi connectivity index (χ0v) is 11.9. The molecule has 0 aliphatic rings. The molecule has 16 heavy (non-hydrogen) atoms. The highest BCUT2D eigenvalue weighted by molar-refractivity contribution is 7.96. The zero-order chi connectivity index (χ0) is 12.2. The van der Waals surface area contributed by atoms with Crippen molar-refractivity contribution in [3.05, 3.63) is 0 Å². The Hall–Kier alpha value is 0.0200. The van der Waals surface area contributed by atoms with Crippen molar-refractivity contribution in [3.8, 4) is 0 Å². The van der Waals surface area contributed by atoms with Crippen molar-refractivity contribution in [3.63, 3.8) is 0 Å². The summed E-state index contributed by atoms with van der Waals surface area (Å²) in [7, 11) is 0. The Morgan fingerprint density at radius 2 is 1.56 bits per heavy atom. The Bertz CT molecular complexity index is 168. The highest BCUT2D eigenvalue weighted by atomic mass is 32.1. The quantitative estimate of drug-likeness (QED) is 0.400. The lowest BCUT2D eigenvalue weighted by molar-refractivity contribution is -0.111. The van der Waals surface area contributed by atoms with Gasteiger partial charge in [0.2, 0.25) is 0 Å². The maximum atomic E-state index is 10.9. The molecule has 0 aliphatic heterocycles. The topological polar surface area (TPSA) is 17.1 Å². The minimum Gasteiger partial charge on any atom is -0.287 e. The Morgan fingerprint density at radius 1 is 1.00 bits per heavy atom. The van der Waals surface area contributed by atoms with Crippen LogP contribution in [0.4, 0.5) is 0 Å². The van der Waals surface area contributed by atoms with Crippen molar-refractivity contribution in [1.29, 1.82) is 0 Å². The van der Waals surface area contributed by atoms with E-state index in [1.807, 2.05) is 0 Å². The van der Waals surface area contributed by atoms with E-state index in [-0.39, 0.29) is 5.12 Å². The Morgan fingerprint density at radius 3 is 2.06 bits per heavy atom. The number of unbranched alkanes of at least 4 members (excludes halogenated alkanes) is 6. The number of thiol groups is 1. The van der Waals surface area contributed by atoms with Gasteiger partial charge in [-0.15, -0.1) is 12.6 Å². The van der Waals surface area contributed by atoms with Crippen LogP contribution in [-0.4, -0.2) is 5.12 Å². The smallest absolute Gasteiger partial charge is 0.186 e. The molecule has 0 aromatic rings. The molecule has 0 aromatic carbocycles. The molecule has 0 aliphatic carbocycles. The summed E-state index contributed by atoms with van der Waals surface area (Å²) in [5.74, 6) is 0.570. The van der Waals surface area contributed by atoms with E-state index >= 15 is 0 Å². The van der Waals surface area contributed by atoms with Crippen molar-refractivity contribution in [1.82, 2.24) is 0 Å². The second kappa shape index (κ2) is 11.5. The van der Waals surface area contributed by atoms with Gasteiger partial charge in [-0.05, 0) is 5.92 Å². The van der Waals surface area contributed by atoms with Gasteiger partial charge in [-0.1, -0.05) is 71.6 Å². The minimum atomic E-state index is 0.0507. The third kappa shape index (κ3) is 10.5. The van der Waals surface area contributed by atoms with Crippen molar-refractivity contribution >= 4 is 17.7 Å². The van der Waals surface area contributed by atoms with E-state index in [1.165, 1.54) is 51.4 Å². The van der Waals surface area contributed by atoms with E-state index in [2.05, 4.69) is 26.5 Å². The molecule has 1 unspecified atom stereocenters. The van der Waals surface area contributed by atoms with E-state index in [0.29, 0.717) is 12.3 Å². The SMILES string of the molecule is CCCCCCCCCC(CC)CC(=O)S. The first-order chi connectivity index (χ1) is 7.70. The summed E-state index contributed by atoms with van der Waals surface area (Å²) in [6.45, 7) is 4.42. The third-order valence-electron chi connectivity index (χ3n) is 3.26. The molecule has 0 bridgehead atoms. The normalized spacial score (nSPS) is 12.7. The second-order valence-electron chi connectivity index (χ2n) is 4.78. The average Bonchev–Trinajstić information content (AvgIpc) is 2.25. The summed E-state index contributed by atoms with van der Waals surface area (Å²) >= 11 is 3.85. The van der Waals surface area contributed by atoms with Gasteiger partial charge >= 0.3 is 0 Å². The molecule has 0 saturated heterocycles. The first-order valence-electron chi connectivity index (χ1n) is 6.92. The fourth-order valence-corrected chi connectivity index (χ4v) is 2.35. The fourth-order valence-electron chi connectivity index (χ4n) is 2.09. The third-order valence-corrected chi connectivity index (χ3v) is 3.44. The van der Waals surface area contributed by atoms with E-state index in [0.717, 1.165) is 6.42 Å². The van der Waals surface area contributed by atoms with Gasteiger partial charge in [-0.25, -0.2) is 0 Å². The zero-order valence-electron chi connectivity index (χ0n) is 11.0. The standard InChI is InChI=1S/C14H28OS/c1-3-5-6-7-8-9-10-11-13(4-2)12-14(15)16/h13H,3-12H2,1-2H3,(H,15,16). The molecule has 0 rings (SSSR count). The first-order valence-corrected chi connectivity index (χ1v) is 7.37. The van der Waals surface area contributed by atoms with E-state index in [9.17, 15) is 4.79 Å². The molecule has 0 saturated carbocycles. The van der Waals surface area contributed by atoms with Gasteiger partial charge in [-0.2, -0.15) is 0 Å². The second-order valence-corrected chi connectivity index (χ2v) is 5.28. The Balaban J connectivity index is 3.31. The molecule has 0 heterocycles. The minimum absolute atomic E-state index is 0.0507. The van der Waals surface area contributed by atoms with Gasteiger partial charge in [0.25, 0.3) is 0 Å². The molecule has 0 N–H and O–H groups in total. The van der Waals surface area contributed by atoms with Crippen LogP contribution in [0.5, 0.6) is 0 Å². The van der Waals surface area contributed by atoms with Gasteiger partial charge in [0, 0.05) is 6.42 Å². The van der Waals surface area contributed by atoms with E-state index in [1.54, 1.807) is 0 Å². The summed E-state index contributed by atoms with van der Waals surface area (Å²) in [6, 6.07) is 0. The van der Waals surface area contributed by atoms with Gasteiger partial charge in [0.15, 0.2) is 5.12 Å². The summed E-state index contributed by atoms with van der Waals surface area (Å²) in [5.41, 5.74) is 0. The van der Waals surface area contributed by atoms with Crippen LogP contribution in [0.15, 0.2) is 0 Å². The predicted molar refractivity (Wildman–Crippen MR) is 75.0 cm³/mol. The van der Waals surface area contributed by atoms with Crippen molar-refractivity contribution in [2.24, 2.45) is 5.92 Å². The lowest BCUT2D eigenvalue weighted by Gasteiger charge is -2.12. The fraction of sp³-hybridized carbons (Fsp3) is 0.929. The van der Waals surface area contributed by atoms with Gasteiger partial charge in [-0.3, -0.25) is 4.79 Å². The molecular weight excluding hydrogens is 216 g/mol. The van der Waals surface area contributed by atoms with Crippen LogP contribution in [0.1, 0.15) is 78.1 Å². The van der Waals surface area contributed by atoms with E-state index < -0.39 is 0 Å². The summed E-state index contributed by atoms with van der Waals surface area (Å²) in [6.07, 6.45) is 12.4. The molecule has 1 atom stereocenters. The van der Waals surface area contributed by atoms with Crippen LogP contribution >= 0.6 is 12.6 Å². The number of hydrogen-bond acceptors (Lipinski definition) is 1. The van der Waals surface area contributed by atoms with Crippen LogP contribution in [-0.2, 0) is 4.79 Å². The Kier molecular flexibility index (Phi) is 11.5. The summed E-state index contributed by atoms with van der Waals surface area (Å²) in [5, 5.41) is 0.0507. The maximum Gasteiger partial charge on any atom is 0.186 e. The van der Waals surface area contributed by atoms with Crippen molar-refractivity contribution in [2.75, 3.05) is 0 Å². The highest BCUT2D eigenvalue weighted by Gasteiger charge is 2.08. The molecule has 0 spiro atoms. The monoisotopic (exact) mass is 244 g/mol. The lowest BCUT2D eigenvalue weighted by Crippen LogP contribution is -2.03. The van der Waals surface area contributed by atoms with Crippen molar-refractivity contribution < 1.29 is 4.79 Å². The van der Waals surface area contributed by atoms with Crippen LogP contribution in [0, 0.1) is 5.92 Å². The number of carbonyl (C=O) groups is 1. The molecule has 96 valence electrons. The van der Waals surface area contributed by atoms with Gasteiger partial charge < -0.3 is 0 Å². The lowest BCUT2D eigenvalue weighted by atomic mass is 9.95. The van der Waals surface area contributed by atoms with Crippen LogP contribution in [0.3, 0.4) is 0 Å². The van der Waals surface area contributed by atoms with E-state index in [4.69, 9.17) is 0 Å². The maximum absolute atomic E-state index is 10.9. The number of rotatable bonds is 11. The highest BCUT2D eigenvalue weighted by Crippen LogP contribution is 2.19. The largest absolute Gasteiger partial charge is 0.287 e. The molecule has 0 radical (unpaired) electrons. The molecule has 1 nitrogen and oxygen atoms in total. The van der Waals surface area contributed by atoms with Gasteiger partial charge in [0.1, 0.15) is 0 Å². The summed E-state index contributed by atoms with van der Waals surface area (Å²) < 4.78 is 0. The molecule has 0 aromatic heterocycles. The summed E-state index contributed by atoms with van der Waals surface area (Å²) in [4.78, 5) is 10.9. The Labute approximate surface area is 107 Å². The van der Waals surface area contributed by atoms with Crippen molar-refractivity contribution in [2.45, 2.75) is 78.1 Å². The number of hydrogen-bond donors (Lipinski definition) is 1. The molecule has 0 amide bonds. The van der Waals surface area contributed by atoms with Gasteiger partial charge in [0.05, 0.1) is 0 Å². The predicted octanol–water partition coefficient (Wildman–Crippen LogP) is 5.00. The molecular formula is C14H28OS. The average molecular weight is 244 g/mol. The van der Waals surface area contributed by atoms with Crippen LogP contribution in [0.2, 0.25) is 0 Å². The first kappa shape index (κ1) is 16.0.